The van der Waals surface area contributed by atoms with Gasteiger partial charge in [0.1, 0.15) is 5.56 Å². The van der Waals surface area contributed by atoms with Crippen molar-refractivity contribution >= 4 is 46.1 Å². The van der Waals surface area contributed by atoms with E-state index in [0.29, 0.717) is 22.3 Å². The number of nitro benzene ring substituents is 1. The highest BCUT2D eigenvalue weighted by molar-refractivity contribution is 8.13. The van der Waals surface area contributed by atoms with E-state index in [1.807, 2.05) is 31.6 Å². The number of allylic oxidation sites excluding steroid dienone is 3. The molecule has 4 nitrogen and oxygen atoms in total. The molecule has 0 saturated heterocycles. The van der Waals surface area contributed by atoms with E-state index in [-0.39, 0.29) is 10.8 Å². The maximum atomic E-state index is 11.6. The summed E-state index contributed by atoms with van der Waals surface area (Å²) in [6, 6.07) is 11.9. The molecule has 0 bridgehead atoms. The Kier molecular flexibility index (Phi) is 10.8. The molecule has 2 aromatic rings. The molecule has 0 aliphatic carbocycles. The summed E-state index contributed by atoms with van der Waals surface area (Å²) in [5.41, 5.74) is 2.03. The van der Waals surface area contributed by atoms with Crippen molar-refractivity contribution in [2.45, 2.75) is 18.7 Å². The van der Waals surface area contributed by atoms with Gasteiger partial charge in [0.25, 0.3) is 5.69 Å². The van der Waals surface area contributed by atoms with Crippen LogP contribution < -0.4 is 0 Å². The van der Waals surface area contributed by atoms with Gasteiger partial charge in [0.2, 0.25) is 0 Å². The number of hydrogen-bond donors (Lipinski definition) is 0. The maximum absolute atomic E-state index is 11.6. The molecule has 2 rings (SSSR count). The highest BCUT2D eigenvalue weighted by atomic mass is 32.2. The number of hydrogen-bond acceptors (Lipinski definition) is 6. The number of benzene rings is 2. The lowest BCUT2D eigenvalue weighted by molar-refractivity contribution is -0.385. The first-order chi connectivity index (χ1) is 16.3. The third kappa shape index (κ3) is 8.35. The molecule has 0 heterocycles. The summed E-state index contributed by atoms with van der Waals surface area (Å²) in [5.74, 6) is 11.7. The molecular weight excluding hydrogens is 483 g/mol. The fourth-order valence-electron chi connectivity index (χ4n) is 2.72. The van der Waals surface area contributed by atoms with Crippen LogP contribution in [0.3, 0.4) is 0 Å². The van der Waals surface area contributed by atoms with Crippen molar-refractivity contribution in [3.63, 3.8) is 0 Å². The predicted octanol–water partition coefficient (Wildman–Crippen LogP) is 7.05. The predicted molar refractivity (Wildman–Crippen MR) is 147 cm³/mol. The zero-order valence-electron chi connectivity index (χ0n) is 19.3. The van der Waals surface area contributed by atoms with Crippen LogP contribution in [0.2, 0.25) is 0 Å². The number of nitro groups is 1. The number of carbonyl (C=O) groups is 1. The summed E-state index contributed by atoms with van der Waals surface area (Å²) in [4.78, 5) is 25.4. The Bertz CT molecular complexity index is 1280. The summed E-state index contributed by atoms with van der Waals surface area (Å²) < 4.78 is 0. The average Bonchev–Trinajstić information content (AvgIpc) is 2.82. The van der Waals surface area contributed by atoms with Crippen LogP contribution in [0.15, 0.2) is 81.5 Å². The standard InChI is InChI=1S/C27H23NO3S3/c1-6-26(32-4)27(33-5)17-19(2)7-8-22-10-14-23(25(18-22)28(30)31)13-9-21-11-15-24(16-12-21)34-20(3)29/h6,10-12,14-18H,2H2,1,3-5H3/b26-6-,27-17-. The maximum Gasteiger partial charge on any atom is 0.286 e. The molecule has 0 atom stereocenters. The summed E-state index contributed by atoms with van der Waals surface area (Å²) >= 11 is 4.41. The number of rotatable bonds is 6. The van der Waals surface area contributed by atoms with Crippen LogP contribution in [0.1, 0.15) is 30.5 Å². The third-order valence-corrected chi connectivity index (χ3v) is 6.87. The largest absolute Gasteiger partial charge is 0.287 e. The monoisotopic (exact) mass is 505 g/mol. The molecule has 0 fully saturated rings. The van der Waals surface area contributed by atoms with Crippen molar-refractivity contribution in [2.75, 3.05) is 12.5 Å². The smallest absolute Gasteiger partial charge is 0.286 e. The first kappa shape index (κ1) is 27.1. The van der Waals surface area contributed by atoms with Gasteiger partial charge >= 0.3 is 0 Å². The SMILES string of the molecule is C=C(C#Cc1ccc(C#Cc2ccc(SC(C)=O)cc2)c([N+](=O)[O-])c1)/C=C(SC)/C(=C/C)SC. The van der Waals surface area contributed by atoms with Gasteiger partial charge in [-0.15, -0.1) is 23.5 Å². The molecule has 0 radical (unpaired) electrons. The lowest BCUT2D eigenvalue weighted by Gasteiger charge is -2.05. The van der Waals surface area contributed by atoms with Gasteiger partial charge in [-0.25, -0.2) is 0 Å². The minimum absolute atomic E-state index is 0.00412. The Morgan fingerprint density at radius 1 is 1.00 bits per heavy atom. The zero-order valence-corrected chi connectivity index (χ0v) is 21.7. The highest BCUT2D eigenvalue weighted by Crippen LogP contribution is 2.30. The van der Waals surface area contributed by atoms with Gasteiger partial charge in [-0.1, -0.05) is 48.1 Å². The van der Waals surface area contributed by atoms with Gasteiger partial charge in [0.15, 0.2) is 5.12 Å². The van der Waals surface area contributed by atoms with Gasteiger partial charge < -0.3 is 0 Å². The summed E-state index contributed by atoms with van der Waals surface area (Å²) in [7, 11) is 0. The number of carbonyl (C=O) groups excluding carboxylic acids is 1. The molecule has 34 heavy (non-hydrogen) atoms. The summed E-state index contributed by atoms with van der Waals surface area (Å²) in [5, 5.41) is 11.6. The van der Waals surface area contributed by atoms with Crippen LogP contribution in [0.5, 0.6) is 0 Å². The number of nitrogens with zero attached hydrogens (tertiary/aromatic N) is 1. The first-order valence-corrected chi connectivity index (χ1v) is 13.3. The van der Waals surface area contributed by atoms with E-state index in [4.69, 9.17) is 0 Å². The molecule has 0 unspecified atom stereocenters. The van der Waals surface area contributed by atoms with Gasteiger partial charge in [0.05, 0.1) is 4.92 Å². The Morgan fingerprint density at radius 2 is 1.65 bits per heavy atom. The quantitative estimate of drug-likeness (QED) is 0.138. The van der Waals surface area contributed by atoms with E-state index in [1.54, 1.807) is 59.9 Å². The van der Waals surface area contributed by atoms with Crippen molar-refractivity contribution in [3.8, 4) is 23.7 Å². The molecular formula is C27H23NO3S3. The molecule has 0 saturated carbocycles. The minimum Gasteiger partial charge on any atom is -0.287 e. The van der Waals surface area contributed by atoms with Gasteiger partial charge in [-0.05, 0) is 61.9 Å². The fourth-order valence-corrected chi connectivity index (χ4v) is 4.90. The molecule has 172 valence electrons. The molecule has 2 aromatic carbocycles. The average molecular weight is 506 g/mol. The van der Waals surface area contributed by atoms with E-state index in [9.17, 15) is 14.9 Å². The van der Waals surface area contributed by atoms with Crippen molar-refractivity contribution in [3.05, 3.63) is 103 Å². The number of thioether (sulfide) groups is 3. The fraction of sp³-hybridized carbons (Fsp3) is 0.148. The lowest BCUT2D eigenvalue weighted by Crippen LogP contribution is -1.93. The van der Waals surface area contributed by atoms with Crippen LogP contribution in [0.4, 0.5) is 5.69 Å². The van der Waals surface area contributed by atoms with Crippen LogP contribution >= 0.6 is 35.3 Å². The van der Waals surface area contributed by atoms with Crippen molar-refractivity contribution in [2.24, 2.45) is 0 Å². The zero-order chi connectivity index (χ0) is 25.1. The van der Waals surface area contributed by atoms with Gasteiger partial charge in [0, 0.05) is 44.4 Å². The van der Waals surface area contributed by atoms with E-state index >= 15 is 0 Å². The Hall–Kier alpha value is -3.10. The second kappa shape index (κ2) is 13.6. The Labute approximate surface area is 213 Å². The van der Waals surface area contributed by atoms with Crippen LogP contribution in [0, 0.1) is 33.8 Å². The van der Waals surface area contributed by atoms with E-state index < -0.39 is 4.92 Å². The first-order valence-electron chi connectivity index (χ1n) is 10.0. The highest BCUT2D eigenvalue weighted by Gasteiger charge is 2.12. The van der Waals surface area contributed by atoms with E-state index in [1.165, 1.54) is 13.0 Å². The molecule has 0 aliphatic rings. The normalized spacial score (nSPS) is 11.1. The van der Waals surface area contributed by atoms with Crippen LogP contribution in [-0.2, 0) is 4.79 Å². The summed E-state index contributed by atoms with van der Waals surface area (Å²) in [6.45, 7) is 7.48. The topological polar surface area (TPSA) is 60.2 Å². The van der Waals surface area contributed by atoms with E-state index in [2.05, 4.69) is 30.3 Å². The van der Waals surface area contributed by atoms with E-state index in [0.717, 1.165) is 26.5 Å². The molecule has 0 amide bonds. The Balaban J connectivity index is 2.28. The van der Waals surface area contributed by atoms with Crippen molar-refractivity contribution in [1.29, 1.82) is 0 Å². The third-order valence-electron chi connectivity index (χ3n) is 4.27. The van der Waals surface area contributed by atoms with Crippen molar-refractivity contribution < 1.29 is 9.72 Å². The molecule has 0 aromatic heterocycles. The Morgan fingerprint density at radius 3 is 2.21 bits per heavy atom. The van der Waals surface area contributed by atoms with Gasteiger partial charge in [-0.2, -0.15) is 0 Å². The second-order valence-electron chi connectivity index (χ2n) is 6.70. The van der Waals surface area contributed by atoms with Crippen LogP contribution in [-0.4, -0.2) is 22.6 Å². The lowest BCUT2D eigenvalue weighted by atomic mass is 10.1. The van der Waals surface area contributed by atoms with Crippen LogP contribution in [0.25, 0.3) is 0 Å². The second-order valence-corrected chi connectivity index (χ2v) is 9.65. The molecule has 0 N–H and O–H groups in total. The molecule has 0 spiro atoms. The van der Waals surface area contributed by atoms with Crippen molar-refractivity contribution in [1.82, 2.24) is 0 Å². The molecule has 0 aliphatic heterocycles. The minimum atomic E-state index is -0.459. The molecule has 7 heteroatoms. The van der Waals surface area contributed by atoms with Gasteiger partial charge in [-0.3, -0.25) is 14.9 Å². The summed E-state index contributed by atoms with van der Waals surface area (Å²) in [6.07, 6.45) is 7.96.